The molecule has 0 radical (unpaired) electrons. The van der Waals surface area contributed by atoms with Crippen LogP contribution in [0.5, 0.6) is 0 Å². The molecule has 0 saturated carbocycles. The Morgan fingerprint density at radius 2 is 1.65 bits per heavy atom. The summed E-state index contributed by atoms with van der Waals surface area (Å²) in [5.74, 6) is 1.89. The van der Waals surface area contributed by atoms with Crippen molar-refractivity contribution < 1.29 is 9.53 Å². The Balaban J connectivity index is 1.55. The number of aromatic nitrogens is 2. The van der Waals surface area contributed by atoms with E-state index in [2.05, 4.69) is 4.90 Å². The van der Waals surface area contributed by atoms with Gasteiger partial charge in [0.1, 0.15) is 11.6 Å². The first-order valence-corrected chi connectivity index (χ1v) is 9.95. The molecule has 2 saturated heterocycles. The van der Waals surface area contributed by atoms with E-state index >= 15 is 0 Å². The summed E-state index contributed by atoms with van der Waals surface area (Å²) >= 11 is 0. The number of amides is 2. The minimum absolute atomic E-state index is 0.199. The Kier molecular flexibility index (Phi) is 5.24. The molecule has 3 aliphatic heterocycles. The van der Waals surface area contributed by atoms with E-state index in [4.69, 9.17) is 14.7 Å². The van der Waals surface area contributed by atoms with Crippen LogP contribution in [0.15, 0.2) is 0 Å². The number of fused-ring (bicyclic) bond motifs is 1. The molecule has 0 N–H and O–H groups in total. The number of likely N-dealkylation sites (tertiary alicyclic amines) is 1. The van der Waals surface area contributed by atoms with Gasteiger partial charge in [-0.1, -0.05) is 0 Å². The Labute approximate surface area is 155 Å². The Morgan fingerprint density at radius 3 is 2.50 bits per heavy atom. The molecule has 1 aromatic rings. The fourth-order valence-corrected chi connectivity index (χ4v) is 4.22. The monoisotopic (exact) mass is 359 g/mol. The van der Waals surface area contributed by atoms with Gasteiger partial charge in [-0.25, -0.2) is 14.8 Å². The molecular formula is C19H29N5O2. The third-order valence-electron chi connectivity index (χ3n) is 5.60. The van der Waals surface area contributed by atoms with Crippen LogP contribution in [0.2, 0.25) is 0 Å². The average molecular weight is 359 g/mol. The second-order valence-corrected chi connectivity index (χ2v) is 7.44. The fraction of sp³-hybridized carbons (Fsp3) is 0.737. The van der Waals surface area contributed by atoms with Crippen LogP contribution in [0.1, 0.15) is 36.3 Å². The number of aryl methyl sites for hydroxylation is 1. The van der Waals surface area contributed by atoms with Crippen LogP contribution >= 0.6 is 0 Å². The molecule has 0 bridgehead atoms. The van der Waals surface area contributed by atoms with Crippen molar-refractivity contribution in [2.45, 2.75) is 39.0 Å². The largest absolute Gasteiger partial charge is 0.380 e. The van der Waals surface area contributed by atoms with Gasteiger partial charge in [-0.05, 0) is 32.6 Å². The number of ether oxygens (including phenoxy) is 1. The molecule has 7 heteroatoms. The number of carbonyl (C=O) groups excluding carboxylic acids is 1. The number of anilines is 1. The summed E-state index contributed by atoms with van der Waals surface area (Å²) in [5.41, 5.74) is 2.35. The zero-order valence-corrected chi connectivity index (χ0v) is 15.7. The molecular weight excluding hydrogens is 330 g/mol. The number of carbonyl (C=O) groups is 1. The molecule has 142 valence electrons. The van der Waals surface area contributed by atoms with Crippen molar-refractivity contribution in [1.29, 1.82) is 0 Å². The van der Waals surface area contributed by atoms with Gasteiger partial charge in [0.2, 0.25) is 0 Å². The molecule has 1 aromatic heterocycles. The summed E-state index contributed by atoms with van der Waals surface area (Å²) < 4.78 is 5.61. The normalized spacial score (nSPS) is 21.3. The molecule has 0 aliphatic carbocycles. The van der Waals surface area contributed by atoms with Crippen molar-refractivity contribution in [2.24, 2.45) is 0 Å². The number of hydrogen-bond donors (Lipinski definition) is 0. The Bertz CT molecular complexity index is 652. The lowest BCUT2D eigenvalue weighted by Crippen LogP contribution is -2.43. The third-order valence-corrected chi connectivity index (χ3v) is 5.60. The van der Waals surface area contributed by atoms with E-state index in [0.717, 1.165) is 102 Å². The summed E-state index contributed by atoms with van der Waals surface area (Å²) in [4.78, 5) is 28.7. The SMILES string of the molecule is Cc1nc2c(c(N3CCCOCC3)n1)CCN(C(=O)N1CCCC1)CC2. The smallest absolute Gasteiger partial charge is 0.320 e. The quantitative estimate of drug-likeness (QED) is 0.763. The molecule has 0 unspecified atom stereocenters. The van der Waals surface area contributed by atoms with Gasteiger partial charge in [0.15, 0.2) is 0 Å². The fourth-order valence-electron chi connectivity index (χ4n) is 4.22. The van der Waals surface area contributed by atoms with Crippen LogP contribution in [0.4, 0.5) is 10.6 Å². The Hall–Kier alpha value is -1.89. The van der Waals surface area contributed by atoms with E-state index in [-0.39, 0.29) is 6.03 Å². The molecule has 4 heterocycles. The second kappa shape index (κ2) is 7.78. The highest BCUT2D eigenvalue weighted by Crippen LogP contribution is 2.26. The van der Waals surface area contributed by atoms with Gasteiger partial charge in [0.05, 0.1) is 12.3 Å². The van der Waals surface area contributed by atoms with E-state index in [1.165, 1.54) is 5.56 Å². The van der Waals surface area contributed by atoms with Gasteiger partial charge >= 0.3 is 6.03 Å². The first kappa shape index (κ1) is 17.5. The van der Waals surface area contributed by atoms with Crippen LogP contribution in [0, 0.1) is 6.92 Å². The minimum Gasteiger partial charge on any atom is -0.380 e. The van der Waals surface area contributed by atoms with Gasteiger partial charge in [-0.3, -0.25) is 0 Å². The van der Waals surface area contributed by atoms with Gasteiger partial charge < -0.3 is 19.4 Å². The highest BCUT2D eigenvalue weighted by atomic mass is 16.5. The van der Waals surface area contributed by atoms with E-state index in [9.17, 15) is 4.79 Å². The Morgan fingerprint density at radius 1 is 0.885 bits per heavy atom. The van der Waals surface area contributed by atoms with E-state index < -0.39 is 0 Å². The van der Waals surface area contributed by atoms with Crippen LogP contribution < -0.4 is 4.90 Å². The van der Waals surface area contributed by atoms with Crippen LogP contribution in [-0.4, -0.2) is 78.3 Å². The highest BCUT2D eigenvalue weighted by Gasteiger charge is 2.28. The summed E-state index contributed by atoms with van der Waals surface area (Å²) in [6.45, 7) is 8.70. The first-order valence-electron chi connectivity index (χ1n) is 9.95. The van der Waals surface area contributed by atoms with Crippen LogP contribution in [0.25, 0.3) is 0 Å². The molecule has 0 spiro atoms. The molecule has 2 amide bonds. The van der Waals surface area contributed by atoms with Gasteiger partial charge in [-0.2, -0.15) is 0 Å². The van der Waals surface area contributed by atoms with Crippen molar-refractivity contribution in [3.8, 4) is 0 Å². The maximum atomic E-state index is 12.8. The van der Waals surface area contributed by atoms with Crippen molar-refractivity contribution in [2.75, 3.05) is 57.4 Å². The lowest BCUT2D eigenvalue weighted by Gasteiger charge is -2.26. The second-order valence-electron chi connectivity index (χ2n) is 7.44. The predicted molar refractivity (Wildman–Crippen MR) is 99.6 cm³/mol. The number of hydrogen-bond acceptors (Lipinski definition) is 5. The van der Waals surface area contributed by atoms with Crippen LogP contribution in [0.3, 0.4) is 0 Å². The molecule has 7 nitrogen and oxygen atoms in total. The average Bonchev–Trinajstić information content (AvgIpc) is 2.92. The standard InChI is InChI=1S/C19H29N5O2/c1-15-20-17-6-11-24(19(25)23-7-2-3-8-23)10-5-16(17)18(21-15)22-9-4-13-26-14-12-22/h2-14H2,1H3. The minimum atomic E-state index is 0.199. The van der Waals surface area contributed by atoms with Crippen molar-refractivity contribution in [1.82, 2.24) is 19.8 Å². The molecule has 26 heavy (non-hydrogen) atoms. The van der Waals surface area contributed by atoms with E-state index in [1.807, 2.05) is 16.7 Å². The van der Waals surface area contributed by atoms with Crippen LogP contribution in [-0.2, 0) is 17.6 Å². The lowest BCUT2D eigenvalue weighted by atomic mass is 10.1. The number of nitrogens with zero attached hydrogens (tertiary/aromatic N) is 5. The van der Waals surface area contributed by atoms with Gasteiger partial charge in [-0.15, -0.1) is 0 Å². The first-order chi connectivity index (χ1) is 12.7. The molecule has 4 rings (SSSR count). The zero-order valence-electron chi connectivity index (χ0n) is 15.7. The summed E-state index contributed by atoms with van der Waals surface area (Å²) in [7, 11) is 0. The van der Waals surface area contributed by atoms with Gasteiger partial charge in [0.25, 0.3) is 0 Å². The lowest BCUT2D eigenvalue weighted by molar-refractivity contribution is 0.152. The third kappa shape index (κ3) is 3.63. The molecule has 2 fully saturated rings. The maximum Gasteiger partial charge on any atom is 0.320 e. The van der Waals surface area contributed by atoms with Crippen molar-refractivity contribution in [3.05, 3.63) is 17.1 Å². The topological polar surface area (TPSA) is 61.8 Å². The van der Waals surface area contributed by atoms with E-state index in [0.29, 0.717) is 0 Å². The number of rotatable bonds is 1. The van der Waals surface area contributed by atoms with Crippen molar-refractivity contribution in [3.63, 3.8) is 0 Å². The zero-order chi connectivity index (χ0) is 17.9. The highest BCUT2D eigenvalue weighted by molar-refractivity contribution is 5.75. The molecule has 0 atom stereocenters. The predicted octanol–water partition coefficient (Wildman–Crippen LogP) is 1.63. The molecule has 0 aromatic carbocycles. The summed E-state index contributed by atoms with van der Waals surface area (Å²) in [6, 6.07) is 0.199. The van der Waals surface area contributed by atoms with E-state index in [1.54, 1.807) is 0 Å². The van der Waals surface area contributed by atoms with Gasteiger partial charge in [0, 0.05) is 57.9 Å². The van der Waals surface area contributed by atoms with Crippen molar-refractivity contribution >= 4 is 11.8 Å². The molecule has 3 aliphatic rings. The summed E-state index contributed by atoms with van der Waals surface area (Å²) in [5, 5.41) is 0. The maximum absolute atomic E-state index is 12.8. The summed E-state index contributed by atoms with van der Waals surface area (Å²) in [6.07, 6.45) is 4.94. The number of urea groups is 1.